The highest BCUT2D eigenvalue weighted by atomic mass is 35.5. The van der Waals surface area contributed by atoms with Crippen LogP contribution in [0, 0.1) is 0 Å². The summed E-state index contributed by atoms with van der Waals surface area (Å²) in [6, 6.07) is 13.6. The van der Waals surface area contributed by atoms with E-state index in [2.05, 4.69) is 6.58 Å². The lowest BCUT2D eigenvalue weighted by Crippen LogP contribution is -2.44. The van der Waals surface area contributed by atoms with Gasteiger partial charge in [-0.3, -0.25) is 9.59 Å². The molecule has 0 aliphatic carbocycles. The molecule has 2 rings (SSSR count). The zero-order valence-electron chi connectivity index (χ0n) is 15.2. The van der Waals surface area contributed by atoms with Crippen molar-refractivity contribution in [1.29, 1.82) is 0 Å². The molecule has 2 aromatic rings. The summed E-state index contributed by atoms with van der Waals surface area (Å²) in [5.41, 5.74) is 2.00. The van der Waals surface area contributed by atoms with Gasteiger partial charge < -0.3 is 14.4 Å². The largest absolute Gasteiger partial charge is 0.353 e. The van der Waals surface area contributed by atoms with E-state index in [1.165, 1.54) is 4.90 Å². The third-order valence-electron chi connectivity index (χ3n) is 4.15. The molecular formula is C20H23Cl2N3O2. The average Bonchev–Trinajstić information content (AvgIpc) is 3.05. The lowest BCUT2D eigenvalue weighted by Gasteiger charge is -2.27. The quantitative estimate of drug-likeness (QED) is 0.472. The van der Waals surface area contributed by atoms with Crippen LogP contribution in [0.2, 0.25) is 0 Å². The van der Waals surface area contributed by atoms with Crippen molar-refractivity contribution in [2.45, 2.75) is 17.9 Å². The first-order chi connectivity index (χ1) is 12.9. The number of rotatable bonds is 9. The Kier molecular flexibility index (Phi) is 7.95. The summed E-state index contributed by atoms with van der Waals surface area (Å²) >= 11 is 11.4. The fraction of sp³-hybridized carbons (Fsp3) is 0.300. The second kappa shape index (κ2) is 10.2. The van der Waals surface area contributed by atoms with E-state index in [9.17, 15) is 9.59 Å². The Morgan fingerprint density at radius 2 is 1.81 bits per heavy atom. The number of hydrogen-bond acceptors (Lipinski definition) is 2. The second-order valence-corrected chi connectivity index (χ2v) is 7.25. The minimum Gasteiger partial charge on any atom is -0.353 e. The van der Waals surface area contributed by atoms with Crippen LogP contribution >= 0.6 is 23.2 Å². The fourth-order valence-electron chi connectivity index (χ4n) is 2.68. The van der Waals surface area contributed by atoms with Crippen LogP contribution in [0.15, 0.2) is 61.3 Å². The molecule has 0 aliphatic heterocycles. The van der Waals surface area contributed by atoms with Gasteiger partial charge in [-0.1, -0.05) is 59.6 Å². The fourth-order valence-corrected chi connectivity index (χ4v) is 2.96. The van der Waals surface area contributed by atoms with Crippen molar-refractivity contribution in [3.05, 3.63) is 72.6 Å². The molecule has 144 valence electrons. The number of hydrogen-bond donors (Lipinski definition) is 0. The van der Waals surface area contributed by atoms with Gasteiger partial charge in [0.25, 0.3) is 5.91 Å². The van der Waals surface area contributed by atoms with Gasteiger partial charge in [-0.05, 0) is 17.7 Å². The number of halogens is 2. The van der Waals surface area contributed by atoms with Gasteiger partial charge in [0.15, 0.2) is 4.84 Å². The molecule has 7 heteroatoms. The number of alkyl halides is 2. The molecule has 0 N–H and O–H groups in total. The van der Waals surface area contributed by atoms with Gasteiger partial charge in [0, 0.05) is 32.0 Å². The normalized spacial score (nSPS) is 10.7. The van der Waals surface area contributed by atoms with Gasteiger partial charge >= 0.3 is 0 Å². The van der Waals surface area contributed by atoms with Gasteiger partial charge in [0.2, 0.25) is 5.91 Å². The molecule has 0 unspecified atom stereocenters. The molecule has 1 aromatic heterocycles. The first-order valence-electron chi connectivity index (χ1n) is 8.52. The molecule has 0 aliphatic rings. The first kappa shape index (κ1) is 21.1. The SMILES string of the molecule is C=CCN(CC(=O)N(Cc1ccccc1)Cc1cccn1C)C(=O)C(Cl)Cl. The molecule has 0 radical (unpaired) electrons. The molecule has 1 heterocycles. The van der Waals surface area contributed by atoms with E-state index in [0.29, 0.717) is 13.1 Å². The molecule has 0 spiro atoms. The van der Waals surface area contributed by atoms with Crippen LogP contribution in [0.3, 0.4) is 0 Å². The Hall–Kier alpha value is -2.24. The average molecular weight is 408 g/mol. The number of carbonyl (C=O) groups is 2. The highest BCUT2D eigenvalue weighted by molar-refractivity contribution is 6.53. The summed E-state index contributed by atoms with van der Waals surface area (Å²) in [6.07, 6.45) is 3.47. The number of aryl methyl sites for hydroxylation is 1. The number of nitrogens with zero attached hydrogens (tertiary/aromatic N) is 3. The number of aromatic nitrogens is 1. The van der Waals surface area contributed by atoms with Crippen LogP contribution in [0.25, 0.3) is 0 Å². The van der Waals surface area contributed by atoms with Crippen LogP contribution in [0.5, 0.6) is 0 Å². The maximum atomic E-state index is 13.0. The lowest BCUT2D eigenvalue weighted by molar-refractivity contribution is -0.140. The van der Waals surface area contributed by atoms with Gasteiger partial charge in [-0.15, -0.1) is 6.58 Å². The Balaban J connectivity index is 2.19. The highest BCUT2D eigenvalue weighted by Gasteiger charge is 2.24. The predicted molar refractivity (Wildman–Crippen MR) is 108 cm³/mol. The third-order valence-corrected chi connectivity index (χ3v) is 4.52. The van der Waals surface area contributed by atoms with Crippen LogP contribution < -0.4 is 0 Å². The van der Waals surface area contributed by atoms with Gasteiger partial charge in [0.05, 0.1) is 6.54 Å². The van der Waals surface area contributed by atoms with Crippen molar-refractivity contribution in [1.82, 2.24) is 14.4 Å². The number of benzene rings is 1. The summed E-state index contributed by atoms with van der Waals surface area (Å²) in [4.78, 5) is 27.0. The molecule has 0 saturated carbocycles. The molecule has 5 nitrogen and oxygen atoms in total. The maximum absolute atomic E-state index is 13.0. The number of carbonyl (C=O) groups excluding carboxylic acids is 2. The van der Waals surface area contributed by atoms with E-state index in [-0.39, 0.29) is 19.0 Å². The lowest BCUT2D eigenvalue weighted by atomic mass is 10.2. The van der Waals surface area contributed by atoms with E-state index in [1.807, 2.05) is 60.3 Å². The molecule has 0 bridgehead atoms. The molecule has 27 heavy (non-hydrogen) atoms. The summed E-state index contributed by atoms with van der Waals surface area (Å²) < 4.78 is 1.96. The molecule has 0 saturated heterocycles. The minimum atomic E-state index is -1.21. The molecule has 2 amide bonds. The number of amides is 2. The van der Waals surface area contributed by atoms with E-state index < -0.39 is 10.7 Å². The summed E-state index contributed by atoms with van der Waals surface area (Å²) in [5, 5.41) is 0. The summed E-state index contributed by atoms with van der Waals surface area (Å²) in [5.74, 6) is -0.700. The van der Waals surface area contributed by atoms with Crippen LogP contribution in [-0.2, 0) is 29.7 Å². The van der Waals surface area contributed by atoms with Crippen LogP contribution in [-0.4, -0.2) is 44.1 Å². The Labute approximate surface area is 169 Å². The zero-order chi connectivity index (χ0) is 19.8. The van der Waals surface area contributed by atoms with Crippen LogP contribution in [0.1, 0.15) is 11.3 Å². The Morgan fingerprint density at radius 1 is 1.11 bits per heavy atom. The molecule has 0 atom stereocenters. The first-order valence-corrected chi connectivity index (χ1v) is 9.39. The van der Waals surface area contributed by atoms with E-state index in [1.54, 1.807) is 11.0 Å². The van der Waals surface area contributed by atoms with Crippen molar-refractivity contribution >= 4 is 35.0 Å². The zero-order valence-corrected chi connectivity index (χ0v) is 16.7. The maximum Gasteiger partial charge on any atom is 0.256 e. The predicted octanol–water partition coefficient (Wildman–Crippen LogP) is 3.37. The van der Waals surface area contributed by atoms with Crippen LogP contribution in [0.4, 0.5) is 0 Å². The third kappa shape index (κ3) is 6.15. The molecule has 0 fully saturated rings. The molecular weight excluding hydrogens is 385 g/mol. The van der Waals surface area contributed by atoms with Crippen molar-refractivity contribution in [3.8, 4) is 0 Å². The summed E-state index contributed by atoms with van der Waals surface area (Å²) in [6.45, 7) is 4.58. The van der Waals surface area contributed by atoms with Crippen molar-refractivity contribution in [3.63, 3.8) is 0 Å². The standard InChI is InChI=1S/C20H23Cl2N3O2/c1-3-11-24(20(27)19(21)22)15-18(26)25(13-16-8-5-4-6-9-16)14-17-10-7-12-23(17)2/h3-10,12,19H,1,11,13-15H2,2H3. The van der Waals surface area contributed by atoms with Gasteiger partial charge in [0.1, 0.15) is 6.54 Å². The van der Waals surface area contributed by atoms with E-state index >= 15 is 0 Å². The second-order valence-electron chi connectivity index (χ2n) is 6.15. The summed E-state index contributed by atoms with van der Waals surface area (Å²) in [7, 11) is 1.93. The topological polar surface area (TPSA) is 45.6 Å². The smallest absolute Gasteiger partial charge is 0.256 e. The van der Waals surface area contributed by atoms with Crippen molar-refractivity contribution in [2.75, 3.05) is 13.1 Å². The monoisotopic (exact) mass is 407 g/mol. The Morgan fingerprint density at radius 3 is 2.37 bits per heavy atom. The van der Waals surface area contributed by atoms with Crippen molar-refractivity contribution in [2.24, 2.45) is 7.05 Å². The van der Waals surface area contributed by atoms with Gasteiger partial charge in [-0.2, -0.15) is 0 Å². The van der Waals surface area contributed by atoms with Crippen molar-refractivity contribution < 1.29 is 9.59 Å². The Bertz CT molecular complexity index is 775. The molecule has 1 aromatic carbocycles. The van der Waals surface area contributed by atoms with Gasteiger partial charge in [-0.25, -0.2) is 0 Å². The highest BCUT2D eigenvalue weighted by Crippen LogP contribution is 2.13. The van der Waals surface area contributed by atoms with E-state index in [4.69, 9.17) is 23.2 Å². The van der Waals surface area contributed by atoms with E-state index in [0.717, 1.165) is 11.3 Å². The minimum absolute atomic E-state index is 0.113.